The van der Waals surface area contributed by atoms with E-state index in [0.717, 1.165) is 10.9 Å². The van der Waals surface area contributed by atoms with Crippen molar-refractivity contribution in [1.29, 1.82) is 0 Å². The Bertz CT molecular complexity index is 1890. The lowest BCUT2D eigenvalue weighted by atomic mass is 10.2. The molecule has 4 aromatic carbocycles. The molecular weight excluding hydrogens is 505 g/mol. The van der Waals surface area contributed by atoms with Crippen LogP contribution < -0.4 is 10.3 Å². The Kier molecular flexibility index (Phi) is 6.19. The summed E-state index contributed by atoms with van der Waals surface area (Å²) in [5.41, 5.74) is 2.23. The van der Waals surface area contributed by atoms with Gasteiger partial charge in [-0.3, -0.25) is 4.79 Å². The first-order chi connectivity index (χ1) is 18.5. The molecule has 186 valence electrons. The second kappa shape index (κ2) is 9.95. The van der Waals surface area contributed by atoms with Crippen LogP contribution in [0, 0.1) is 5.82 Å². The fraction of sp³-hybridized carbons (Fsp3) is 0.0333. The van der Waals surface area contributed by atoms with Crippen molar-refractivity contribution in [3.05, 3.63) is 129 Å². The molecule has 0 atom stereocenters. The van der Waals surface area contributed by atoms with Crippen molar-refractivity contribution in [2.45, 2.75) is 6.61 Å². The summed E-state index contributed by atoms with van der Waals surface area (Å²) in [5.74, 6) is 0.909. The maximum atomic E-state index is 13.5. The third-order valence-corrected chi connectivity index (χ3v) is 6.16. The molecule has 0 aliphatic heterocycles. The van der Waals surface area contributed by atoms with Crippen LogP contribution in [-0.2, 0) is 6.61 Å². The van der Waals surface area contributed by atoms with Gasteiger partial charge in [-0.15, -0.1) is 0 Å². The first-order valence-corrected chi connectivity index (χ1v) is 12.1. The number of nitrogens with zero attached hydrogens (tertiary/aromatic N) is 3. The van der Waals surface area contributed by atoms with Gasteiger partial charge in [0.05, 0.1) is 17.1 Å². The van der Waals surface area contributed by atoms with Crippen molar-refractivity contribution >= 4 is 39.7 Å². The molecule has 0 radical (unpaired) electrons. The number of fused-ring (bicyclic) bond motifs is 2. The molecule has 0 spiro atoms. The van der Waals surface area contributed by atoms with E-state index in [0.29, 0.717) is 38.6 Å². The van der Waals surface area contributed by atoms with Crippen LogP contribution in [0.15, 0.2) is 111 Å². The van der Waals surface area contributed by atoms with Gasteiger partial charge in [0.2, 0.25) is 5.82 Å². The van der Waals surface area contributed by atoms with Crippen LogP contribution in [0.25, 0.3) is 33.5 Å². The van der Waals surface area contributed by atoms with Crippen molar-refractivity contribution in [2.24, 2.45) is 5.10 Å². The summed E-state index contributed by atoms with van der Waals surface area (Å²) in [5, 5.41) is 6.28. The number of rotatable bonds is 6. The highest BCUT2D eigenvalue weighted by Gasteiger charge is 2.16. The topological polar surface area (TPSA) is 69.6 Å². The van der Waals surface area contributed by atoms with E-state index in [1.165, 1.54) is 16.8 Å². The lowest BCUT2D eigenvalue weighted by molar-refractivity contribution is 0.305. The predicted molar refractivity (Wildman–Crippen MR) is 146 cm³/mol. The highest BCUT2D eigenvalue weighted by atomic mass is 35.5. The van der Waals surface area contributed by atoms with E-state index >= 15 is 0 Å². The average molecular weight is 524 g/mol. The van der Waals surface area contributed by atoms with Crippen molar-refractivity contribution in [2.75, 3.05) is 0 Å². The summed E-state index contributed by atoms with van der Waals surface area (Å²) in [6.07, 6.45) is 1.55. The zero-order valence-electron chi connectivity index (χ0n) is 19.8. The van der Waals surface area contributed by atoms with Crippen LogP contribution in [0.3, 0.4) is 0 Å². The van der Waals surface area contributed by atoms with Gasteiger partial charge < -0.3 is 9.15 Å². The largest absolute Gasteiger partial charge is 0.489 e. The fourth-order valence-corrected chi connectivity index (χ4v) is 4.30. The Hall–Kier alpha value is -4.75. The number of furan rings is 1. The molecule has 0 fully saturated rings. The first kappa shape index (κ1) is 23.6. The second-order valence-corrected chi connectivity index (χ2v) is 9.03. The van der Waals surface area contributed by atoms with Gasteiger partial charge in [0, 0.05) is 10.4 Å². The minimum atomic E-state index is -0.334. The van der Waals surface area contributed by atoms with Crippen LogP contribution in [0.4, 0.5) is 4.39 Å². The Balaban J connectivity index is 1.37. The Morgan fingerprint density at radius 3 is 2.74 bits per heavy atom. The number of halogens is 2. The predicted octanol–water partition coefficient (Wildman–Crippen LogP) is 7.06. The van der Waals surface area contributed by atoms with Crippen molar-refractivity contribution < 1.29 is 13.5 Å². The standard InChI is InChI=1S/C30H19ClFN3O3/c31-22-11-12-27-21(15-22)16-28(38-27)29-34-26-10-2-1-9-25(26)30(36)35(29)33-17-19-5-4-8-24(14-19)37-18-20-6-3-7-23(32)13-20/h1-17H,18H2. The maximum Gasteiger partial charge on any atom is 0.282 e. The van der Waals surface area contributed by atoms with Crippen LogP contribution in [-0.4, -0.2) is 15.9 Å². The molecule has 6 aromatic rings. The molecule has 2 aromatic heterocycles. The minimum absolute atomic E-state index is 0.215. The summed E-state index contributed by atoms with van der Waals surface area (Å²) in [6.45, 7) is 0.215. The minimum Gasteiger partial charge on any atom is -0.489 e. The molecule has 0 saturated heterocycles. The molecule has 6 nitrogen and oxygen atoms in total. The van der Waals surface area contributed by atoms with Crippen molar-refractivity contribution in [3.63, 3.8) is 0 Å². The number of aromatic nitrogens is 2. The zero-order valence-corrected chi connectivity index (χ0v) is 20.6. The molecule has 0 bridgehead atoms. The summed E-state index contributed by atoms with van der Waals surface area (Å²) in [6, 6.07) is 27.6. The molecule has 38 heavy (non-hydrogen) atoms. The van der Waals surface area contributed by atoms with Gasteiger partial charge in [-0.2, -0.15) is 9.78 Å². The first-order valence-electron chi connectivity index (χ1n) is 11.8. The molecule has 0 aliphatic carbocycles. The maximum absolute atomic E-state index is 13.5. The number of para-hydroxylation sites is 1. The van der Waals surface area contributed by atoms with Crippen LogP contribution >= 0.6 is 11.6 Å². The molecule has 0 unspecified atom stereocenters. The molecule has 6 rings (SSSR count). The molecule has 0 N–H and O–H groups in total. The molecule has 8 heteroatoms. The lowest BCUT2D eigenvalue weighted by Crippen LogP contribution is -2.20. The van der Waals surface area contributed by atoms with E-state index in [2.05, 4.69) is 5.10 Å². The summed E-state index contributed by atoms with van der Waals surface area (Å²) in [7, 11) is 0. The highest BCUT2D eigenvalue weighted by Crippen LogP contribution is 2.29. The quantitative estimate of drug-likeness (QED) is 0.219. The van der Waals surface area contributed by atoms with E-state index in [1.807, 2.05) is 18.2 Å². The second-order valence-electron chi connectivity index (χ2n) is 8.60. The number of hydrogen-bond acceptors (Lipinski definition) is 5. The summed E-state index contributed by atoms with van der Waals surface area (Å²) in [4.78, 5) is 18.1. The molecule has 2 heterocycles. The van der Waals surface area contributed by atoms with Gasteiger partial charge in [-0.05, 0) is 71.8 Å². The molecule has 0 saturated carbocycles. The van der Waals surface area contributed by atoms with Gasteiger partial charge in [-0.25, -0.2) is 9.37 Å². The smallest absolute Gasteiger partial charge is 0.282 e. The molecule has 0 amide bonds. The Morgan fingerprint density at radius 1 is 0.974 bits per heavy atom. The normalized spacial score (nSPS) is 11.5. The van der Waals surface area contributed by atoms with Crippen LogP contribution in [0.1, 0.15) is 11.1 Å². The van der Waals surface area contributed by atoms with Crippen LogP contribution in [0.5, 0.6) is 5.75 Å². The van der Waals surface area contributed by atoms with Gasteiger partial charge in [0.25, 0.3) is 5.56 Å². The van der Waals surface area contributed by atoms with Crippen LogP contribution in [0.2, 0.25) is 5.02 Å². The number of benzene rings is 4. The summed E-state index contributed by atoms with van der Waals surface area (Å²) < 4.78 is 26.5. The van der Waals surface area contributed by atoms with Gasteiger partial charge >= 0.3 is 0 Å². The number of hydrogen-bond donors (Lipinski definition) is 0. The van der Waals surface area contributed by atoms with Gasteiger partial charge in [0.15, 0.2) is 5.76 Å². The van der Waals surface area contributed by atoms with E-state index < -0.39 is 0 Å². The zero-order chi connectivity index (χ0) is 26.1. The Morgan fingerprint density at radius 2 is 1.84 bits per heavy atom. The van der Waals surface area contributed by atoms with Gasteiger partial charge in [-0.1, -0.05) is 48.0 Å². The van der Waals surface area contributed by atoms with E-state index in [9.17, 15) is 9.18 Å². The van der Waals surface area contributed by atoms with E-state index in [-0.39, 0.29) is 23.8 Å². The Labute approximate surface area is 221 Å². The van der Waals surface area contributed by atoms with E-state index in [1.54, 1.807) is 72.9 Å². The molecular formula is C30H19ClFN3O3. The van der Waals surface area contributed by atoms with Crippen molar-refractivity contribution in [3.8, 4) is 17.3 Å². The fourth-order valence-electron chi connectivity index (χ4n) is 4.12. The molecule has 0 aliphatic rings. The highest BCUT2D eigenvalue weighted by molar-refractivity contribution is 6.31. The summed E-state index contributed by atoms with van der Waals surface area (Å²) >= 11 is 6.14. The van der Waals surface area contributed by atoms with Gasteiger partial charge in [0.1, 0.15) is 23.8 Å². The third-order valence-electron chi connectivity index (χ3n) is 5.93. The average Bonchev–Trinajstić information content (AvgIpc) is 3.35. The number of ether oxygens (including phenoxy) is 1. The lowest BCUT2D eigenvalue weighted by Gasteiger charge is -2.08. The SMILES string of the molecule is O=c1c2ccccc2nc(-c2cc3cc(Cl)ccc3o2)n1N=Cc1cccc(OCc2cccc(F)c2)c1. The third kappa shape index (κ3) is 4.79. The van der Waals surface area contributed by atoms with Crippen molar-refractivity contribution in [1.82, 2.24) is 9.66 Å². The van der Waals surface area contributed by atoms with E-state index in [4.69, 9.17) is 25.7 Å². The monoisotopic (exact) mass is 523 g/mol.